The monoisotopic (exact) mass is 492 g/mol. The van der Waals surface area contributed by atoms with E-state index in [0.717, 1.165) is 38.5 Å². The molecule has 2 fully saturated rings. The Morgan fingerprint density at radius 3 is 2.03 bits per heavy atom. The molecule has 0 saturated heterocycles. The number of carboxylic acids is 1. The average molecular weight is 493 g/mol. The molecule has 192 valence electrons. The molecule has 1 unspecified atom stereocenters. The van der Waals surface area contributed by atoms with Crippen LogP contribution in [-0.2, 0) is 10.2 Å². The molecule has 3 aromatic rings. The van der Waals surface area contributed by atoms with E-state index in [1.807, 2.05) is 30.3 Å². The van der Waals surface area contributed by atoms with Crippen LogP contribution < -0.4 is 11.2 Å². The van der Waals surface area contributed by atoms with E-state index in [1.54, 1.807) is 0 Å². The lowest BCUT2D eigenvalue weighted by Crippen LogP contribution is -2.47. The van der Waals surface area contributed by atoms with Crippen molar-refractivity contribution >= 4 is 17.1 Å². The predicted molar refractivity (Wildman–Crippen MR) is 138 cm³/mol. The zero-order valence-electron chi connectivity index (χ0n) is 20.7. The first-order valence-corrected chi connectivity index (χ1v) is 13.5. The van der Waals surface area contributed by atoms with Gasteiger partial charge in [0.05, 0.1) is 0 Å². The minimum Gasteiger partial charge on any atom is -0.480 e. The Morgan fingerprint density at radius 1 is 0.889 bits per heavy atom. The molecule has 2 aliphatic rings. The van der Waals surface area contributed by atoms with Gasteiger partial charge in [-0.25, -0.2) is 9.78 Å². The number of fused-ring (bicyclic) bond motifs is 1. The van der Waals surface area contributed by atoms with Crippen molar-refractivity contribution in [1.82, 2.24) is 19.9 Å². The Balaban J connectivity index is 1.70. The van der Waals surface area contributed by atoms with Crippen molar-refractivity contribution in [3.8, 4) is 0 Å². The zero-order valence-corrected chi connectivity index (χ0v) is 20.7. The van der Waals surface area contributed by atoms with Gasteiger partial charge in [0.25, 0.3) is 5.56 Å². The van der Waals surface area contributed by atoms with Crippen LogP contribution in [0.3, 0.4) is 0 Å². The fourth-order valence-corrected chi connectivity index (χ4v) is 6.89. The first kappa shape index (κ1) is 24.5. The highest BCUT2D eigenvalue weighted by Crippen LogP contribution is 2.48. The molecule has 1 aromatic carbocycles. The Morgan fingerprint density at radius 2 is 1.47 bits per heavy atom. The lowest BCUT2D eigenvalue weighted by atomic mass is 9.62. The van der Waals surface area contributed by atoms with Crippen LogP contribution in [0.2, 0.25) is 0 Å². The van der Waals surface area contributed by atoms with Crippen molar-refractivity contribution in [2.75, 3.05) is 0 Å². The molecule has 4 N–H and O–H groups in total. The van der Waals surface area contributed by atoms with Gasteiger partial charge in [0.1, 0.15) is 11.3 Å². The third-order valence-corrected chi connectivity index (χ3v) is 8.63. The Kier molecular flexibility index (Phi) is 7.12. The molecule has 2 aliphatic carbocycles. The van der Waals surface area contributed by atoms with Crippen LogP contribution in [-0.4, -0.2) is 31.0 Å². The zero-order chi connectivity index (χ0) is 25.1. The predicted octanol–water partition coefficient (Wildman–Crippen LogP) is 4.87. The highest BCUT2D eigenvalue weighted by Gasteiger charge is 2.52. The third kappa shape index (κ3) is 4.65. The molecule has 2 heterocycles. The summed E-state index contributed by atoms with van der Waals surface area (Å²) >= 11 is 0. The van der Waals surface area contributed by atoms with E-state index in [4.69, 9.17) is 0 Å². The lowest BCUT2D eigenvalue weighted by Gasteiger charge is -2.41. The lowest BCUT2D eigenvalue weighted by molar-refractivity contribution is -0.145. The number of benzene rings is 1. The molecule has 5 rings (SSSR count). The summed E-state index contributed by atoms with van der Waals surface area (Å²) in [6.07, 6.45) is 13.3. The Hall–Kier alpha value is -3.16. The van der Waals surface area contributed by atoms with Crippen LogP contribution >= 0.6 is 0 Å². The van der Waals surface area contributed by atoms with Crippen molar-refractivity contribution in [2.45, 2.75) is 82.5 Å². The van der Waals surface area contributed by atoms with Crippen LogP contribution in [0.25, 0.3) is 11.2 Å². The van der Waals surface area contributed by atoms with Gasteiger partial charge in [0.15, 0.2) is 11.1 Å². The fraction of sp³-hybridized carbons (Fsp3) is 0.571. The number of imidazole rings is 1. The molecule has 8 nitrogen and oxygen atoms in total. The molecule has 8 heteroatoms. The van der Waals surface area contributed by atoms with Crippen molar-refractivity contribution in [3.63, 3.8) is 0 Å². The number of rotatable bonds is 8. The summed E-state index contributed by atoms with van der Waals surface area (Å²) in [6.45, 7) is 0. The van der Waals surface area contributed by atoms with Gasteiger partial charge in [-0.1, -0.05) is 94.5 Å². The van der Waals surface area contributed by atoms with E-state index >= 15 is 0 Å². The number of aromatic nitrogens is 4. The van der Waals surface area contributed by atoms with E-state index in [0.29, 0.717) is 17.4 Å². The number of carbonyl (C=O) groups is 1. The van der Waals surface area contributed by atoms with Crippen LogP contribution in [0, 0.1) is 17.8 Å². The molecule has 0 aliphatic heterocycles. The summed E-state index contributed by atoms with van der Waals surface area (Å²) < 4.78 is 0. The van der Waals surface area contributed by atoms with Gasteiger partial charge in [-0.05, 0) is 36.2 Å². The van der Waals surface area contributed by atoms with Crippen molar-refractivity contribution in [2.24, 2.45) is 17.8 Å². The highest BCUT2D eigenvalue weighted by atomic mass is 16.4. The number of nitrogens with zero attached hydrogens (tertiary/aromatic N) is 1. The SMILES string of the molecule is O=C(O)C(c1ccccc1)(c1nc2[nH]c(=O)[nH]c(=O)c2[nH]1)C(CC1CCCCC1)CC1CCCCC1. The molecule has 0 amide bonds. The van der Waals surface area contributed by atoms with E-state index in [9.17, 15) is 19.5 Å². The highest BCUT2D eigenvalue weighted by molar-refractivity contribution is 5.86. The number of nitrogens with one attached hydrogen (secondary N) is 3. The minimum atomic E-state index is -1.46. The molecular formula is C28H36N4O4. The van der Waals surface area contributed by atoms with Gasteiger partial charge in [-0.2, -0.15) is 0 Å². The maximum absolute atomic E-state index is 13.6. The quantitative estimate of drug-likeness (QED) is 0.356. The largest absolute Gasteiger partial charge is 0.480 e. The molecule has 0 spiro atoms. The van der Waals surface area contributed by atoms with E-state index in [-0.39, 0.29) is 22.9 Å². The molecular weight excluding hydrogens is 456 g/mol. The molecule has 2 aromatic heterocycles. The number of H-pyrrole nitrogens is 3. The Labute approximate surface area is 210 Å². The summed E-state index contributed by atoms with van der Waals surface area (Å²) in [4.78, 5) is 50.5. The first-order chi connectivity index (χ1) is 17.5. The first-order valence-electron chi connectivity index (χ1n) is 13.5. The van der Waals surface area contributed by atoms with Gasteiger partial charge < -0.3 is 10.1 Å². The summed E-state index contributed by atoms with van der Waals surface area (Å²) in [5, 5.41) is 11.1. The summed E-state index contributed by atoms with van der Waals surface area (Å²) in [7, 11) is 0. The normalized spacial score (nSPS) is 19.5. The second-order valence-electron chi connectivity index (χ2n) is 10.9. The fourth-order valence-electron chi connectivity index (χ4n) is 6.89. The van der Waals surface area contributed by atoms with Crippen LogP contribution in [0.1, 0.15) is 88.4 Å². The van der Waals surface area contributed by atoms with E-state index in [2.05, 4.69) is 19.9 Å². The smallest absolute Gasteiger partial charge is 0.327 e. The third-order valence-electron chi connectivity index (χ3n) is 8.63. The Bertz CT molecular complexity index is 1280. The van der Waals surface area contributed by atoms with Crippen LogP contribution in [0.5, 0.6) is 0 Å². The van der Waals surface area contributed by atoms with Crippen molar-refractivity contribution < 1.29 is 9.90 Å². The van der Waals surface area contributed by atoms with Crippen LogP contribution in [0.4, 0.5) is 0 Å². The van der Waals surface area contributed by atoms with Gasteiger partial charge in [0, 0.05) is 0 Å². The summed E-state index contributed by atoms with van der Waals surface area (Å²) in [6, 6.07) is 9.34. The number of hydrogen-bond donors (Lipinski definition) is 4. The number of carboxylic acid groups (broad SMARTS) is 1. The molecule has 2 saturated carbocycles. The summed E-state index contributed by atoms with van der Waals surface area (Å²) in [5.74, 6) is 0.00279. The number of aliphatic carboxylic acids is 1. The van der Waals surface area contributed by atoms with Gasteiger partial charge >= 0.3 is 11.7 Å². The molecule has 36 heavy (non-hydrogen) atoms. The number of aromatic amines is 3. The molecule has 1 atom stereocenters. The number of hydrogen-bond acceptors (Lipinski definition) is 4. The maximum atomic E-state index is 13.6. The van der Waals surface area contributed by atoms with Gasteiger partial charge in [0.2, 0.25) is 0 Å². The van der Waals surface area contributed by atoms with Gasteiger partial charge in [-0.15, -0.1) is 0 Å². The molecule has 0 bridgehead atoms. The topological polar surface area (TPSA) is 132 Å². The van der Waals surface area contributed by atoms with Crippen molar-refractivity contribution in [3.05, 3.63) is 62.6 Å². The maximum Gasteiger partial charge on any atom is 0.327 e. The molecule has 0 radical (unpaired) electrons. The average Bonchev–Trinajstić information content (AvgIpc) is 3.30. The second-order valence-corrected chi connectivity index (χ2v) is 10.9. The van der Waals surface area contributed by atoms with Crippen molar-refractivity contribution in [1.29, 1.82) is 0 Å². The second kappa shape index (κ2) is 10.4. The van der Waals surface area contributed by atoms with E-state index < -0.39 is 22.6 Å². The standard InChI is InChI=1S/C28H36N4O4/c33-24-22-23(31-27(36)32-24)30-25(29-22)28(26(34)35,20-14-8-3-9-15-20)21(16-18-10-4-1-5-11-18)17-19-12-6-2-7-13-19/h3,8-9,14-15,18-19,21H,1-2,4-7,10-13,16-17H2,(H,34,35)(H3,29,30,31,32,33,36). The minimum absolute atomic E-state index is 0.0920. The van der Waals surface area contributed by atoms with Gasteiger partial charge in [-0.3, -0.25) is 19.6 Å². The summed E-state index contributed by atoms with van der Waals surface area (Å²) in [5.41, 5.74) is -1.87. The van der Waals surface area contributed by atoms with E-state index in [1.165, 1.54) is 38.5 Å². The van der Waals surface area contributed by atoms with Crippen LogP contribution in [0.15, 0.2) is 39.9 Å².